The molecule has 1 amide bonds. The van der Waals surface area contributed by atoms with Crippen molar-refractivity contribution in [2.75, 3.05) is 5.32 Å². The third kappa shape index (κ3) is 5.16. The lowest BCUT2D eigenvalue weighted by Crippen LogP contribution is -2.32. The lowest BCUT2D eigenvalue weighted by atomic mass is 9.77. The van der Waals surface area contributed by atoms with Crippen LogP contribution in [0, 0.1) is 16.7 Å². The standard InChI is InChI=1S/C26H31N5O2/c1-16-12-18(13-26(4,5)33-16)20-6-7-21(31-24(32)23-28-15-19(14-27)29-23)22(30-20)17-8-10-25(2,3)11-9-17/h6-8,15,18H,1,9-13H2,2-5H3,(H,28,29)(H,31,32). The smallest absolute Gasteiger partial charge is 0.291 e. The summed E-state index contributed by atoms with van der Waals surface area (Å²) in [6, 6.07) is 5.84. The fourth-order valence-electron chi connectivity index (χ4n) is 4.64. The lowest BCUT2D eigenvalue weighted by molar-refractivity contribution is -0.0102. The number of hydrogen-bond acceptors (Lipinski definition) is 5. The number of imidazole rings is 1. The van der Waals surface area contributed by atoms with Crippen LogP contribution in [0.3, 0.4) is 0 Å². The Balaban J connectivity index is 1.68. The van der Waals surface area contributed by atoms with Crippen molar-refractivity contribution in [3.63, 3.8) is 0 Å². The van der Waals surface area contributed by atoms with Crippen molar-refractivity contribution in [2.45, 2.75) is 71.3 Å². The summed E-state index contributed by atoms with van der Waals surface area (Å²) in [4.78, 5) is 24.7. The van der Waals surface area contributed by atoms with Gasteiger partial charge >= 0.3 is 0 Å². The van der Waals surface area contributed by atoms with Crippen LogP contribution in [0.2, 0.25) is 0 Å². The molecule has 1 aliphatic heterocycles. The maximum Gasteiger partial charge on any atom is 0.291 e. The van der Waals surface area contributed by atoms with Crippen LogP contribution in [0.4, 0.5) is 5.69 Å². The van der Waals surface area contributed by atoms with Crippen LogP contribution >= 0.6 is 0 Å². The van der Waals surface area contributed by atoms with E-state index in [4.69, 9.17) is 15.0 Å². The van der Waals surface area contributed by atoms with Gasteiger partial charge in [0.2, 0.25) is 0 Å². The van der Waals surface area contributed by atoms with E-state index in [1.165, 1.54) is 6.20 Å². The first-order valence-corrected chi connectivity index (χ1v) is 11.4. The minimum atomic E-state index is -0.399. The van der Waals surface area contributed by atoms with Crippen molar-refractivity contribution < 1.29 is 9.53 Å². The molecular weight excluding hydrogens is 414 g/mol. The van der Waals surface area contributed by atoms with E-state index in [1.54, 1.807) is 0 Å². The molecule has 0 radical (unpaired) electrons. The van der Waals surface area contributed by atoms with Crippen LogP contribution < -0.4 is 5.32 Å². The molecule has 3 heterocycles. The van der Waals surface area contributed by atoms with Gasteiger partial charge in [0.25, 0.3) is 5.91 Å². The summed E-state index contributed by atoms with van der Waals surface area (Å²) in [5.41, 5.74) is 3.72. The molecule has 2 aromatic heterocycles. The molecule has 1 saturated heterocycles. The Morgan fingerprint density at radius 3 is 2.73 bits per heavy atom. The van der Waals surface area contributed by atoms with Crippen molar-refractivity contribution in [3.05, 3.63) is 59.6 Å². The van der Waals surface area contributed by atoms with E-state index in [0.717, 1.165) is 54.8 Å². The van der Waals surface area contributed by atoms with Gasteiger partial charge in [-0.25, -0.2) is 4.98 Å². The highest BCUT2D eigenvalue weighted by molar-refractivity contribution is 6.03. The number of ether oxygens (including phenoxy) is 1. The number of allylic oxidation sites excluding steroid dienone is 3. The van der Waals surface area contributed by atoms with E-state index in [9.17, 15) is 4.79 Å². The lowest BCUT2D eigenvalue weighted by Gasteiger charge is -2.37. The molecule has 2 N–H and O–H groups in total. The predicted molar refractivity (Wildman–Crippen MR) is 127 cm³/mol. The Morgan fingerprint density at radius 1 is 1.30 bits per heavy atom. The third-order valence-corrected chi connectivity index (χ3v) is 6.40. The number of carbonyl (C=O) groups excluding carboxylic acids is 1. The topological polar surface area (TPSA) is 104 Å². The Bertz CT molecular complexity index is 1170. The first-order valence-electron chi connectivity index (χ1n) is 11.4. The van der Waals surface area contributed by atoms with Crippen molar-refractivity contribution in [3.8, 4) is 6.07 Å². The van der Waals surface area contributed by atoms with Crippen molar-refractivity contribution in [2.24, 2.45) is 5.41 Å². The molecule has 0 aromatic carbocycles. The van der Waals surface area contributed by atoms with E-state index < -0.39 is 5.91 Å². The van der Waals surface area contributed by atoms with Crippen LogP contribution in [0.25, 0.3) is 5.57 Å². The number of nitrogens with one attached hydrogen (secondary N) is 2. The molecule has 1 aliphatic carbocycles. The zero-order valence-electron chi connectivity index (χ0n) is 19.8. The zero-order valence-corrected chi connectivity index (χ0v) is 19.8. The average Bonchev–Trinajstić information content (AvgIpc) is 3.22. The summed E-state index contributed by atoms with van der Waals surface area (Å²) in [5, 5.41) is 11.9. The number of aromatic amines is 1. The Labute approximate surface area is 195 Å². The summed E-state index contributed by atoms with van der Waals surface area (Å²) in [6.45, 7) is 12.7. The second-order valence-electron chi connectivity index (χ2n) is 10.4. The zero-order chi connectivity index (χ0) is 23.8. The van der Waals surface area contributed by atoms with Gasteiger partial charge < -0.3 is 15.0 Å². The van der Waals surface area contributed by atoms with E-state index in [-0.39, 0.29) is 28.5 Å². The quantitative estimate of drug-likeness (QED) is 0.627. The van der Waals surface area contributed by atoms with Crippen LogP contribution in [-0.2, 0) is 4.74 Å². The number of pyridine rings is 1. The monoisotopic (exact) mass is 445 g/mol. The second-order valence-corrected chi connectivity index (χ2v) is 10.4. The van der Waals surface area contributed by atoms with Crippen LogP contribution in [0.15, 0.2) is 36.7 Å². The largest absolute Gasteiger partial charge is 0.493 e. The Morgan fingerprint density at radius 2 is 2.09 bits per heavy atom. The minimum Gasteiger partial charge on any atom is -0.493 e. The highest BCUT2D eigenvalue weighted by Gasteiger charge is 2.34. The molecule has 0 saturated carbocycles. The molecule has 1 unspecified atom stereocenters. The van der Waals surface area contributed by atoms with Gasteiger partial charge in [0, 0.05) is 24.2 Å². The predicted octanol–water partition coefficient (Wildman–Crippen LogP) is 5.71. The Hall–Kier alpha value is -3.40. The highest BCUT2D eigenvalue weighted by atomic mass is 16.5. The molecule has 0 spiro atoms. The normalized spacial score (nSPS) is 21.5. The first-order chi connectivity index (χ1) is 15.5. The summed E-state index contributed by atoms with van der Waals surface area (Å²) < 4.78 is 5.91. The number of carbonyl (C=O) groups is 1. The summed E-state index contributed by atoms with van der Waals surface area (Å²) in [5.74, 6) is 0.683. The number of hydrogen-bond donors (Lipinski definition) is 2. The third-order valence-electron chi connectivity index (χ3n) is 6.40. The van der Waals surface area contributed by atoms with Gasteiger partial charge in [0.05, 0.1) is 17.1 Å². The van der Waals surface area contributed by atoms with Crippen LogP contribution in [-0.4, -0.2) is 26.5 Å². The average molecular weight is 446 g/mol. The van der Waals surface area contributed by atoms with Crippen LogP contribution in [0.1, 0.15) is 93.4 Å². The summed E-state index contributed by atoms with van der Waals surface area (Å²) in [7, 11) is 0. The highest BCUT2D eigenvalue weighted by Crippen LogP contribution is 2.42. The molecule has 7 heteroatoms. The summed E-state index contributed by atoms with van der Waals surface area (Å²) in [6.07, 6.45) is 8.17. The van der Waals surface area contributed by atoms with Crippen LogP contribution in [0.5, 0.6) is 0 Å². The fourth-order valence-corrected chi connectivity index (χ4v) is 4.64. The molecule has 1 fully saturated rings. The number of aromatic nitrogens is 3. The molecule has 2 aliphatic rings. The number of nitrogens with zero attached hydrogens (tertiary/aromatic N) is 3. The molecule has 7 nitrogen and oxygen atoms in total. The van der Waals surface area contributed by atoms with E-state index in [1.807, 2.05) is 18.2 Å². The van der Waals surface area contributed by atoms with E-state index >= 15 is 0 Å². The van der Waals surface area contributed by atoms with Gasteiger partial charge in [0.1, 0.15) is 11.7 Å². The van der Waals surface area contributed by atoms with Gasteiger partial charge in [-0.3, -0.25) is 9.78 Å². The van der Waals surface area contributed by atoms with Crippen molar-refractivity contribution in [1.29, 1.82) is 5.26 Å². The SMILES string of the molecule is C=C1CC(c2ccc(NC(=O)c3nc(C#N)c[nH]3)c(C3=CCC(C)(C)CC3)n2)CC(C)(C)O1. The number of nitriles is 1. The maximum atomic E-state index is 12.8. The molecule has 2 aromatic rings. The number of amides is 1. The molecule has 4 rings (SSSR count). The minimum absolute atomic E-state index is 0.0998. The van der Waals surface area contributed by atoms with Gasteiger partial charge in [-0.15, -0.1) is 0 Å². The molecule has 1 atom stereocenters. The van der Waals surface area contributed by atoms with E-state index in [2.05, 4.69) is 55.6 Å². The van der Waals surface area contributed by atoms with Gasteiger partial charge in [-0.2, -0.15) is 5.26 Å². The molecule has 33 heavy (non-hydrogen) atoms. The van der Waals surface area contributed by atoms with Crippen molar-refractivity contribution >= 4 is 17.2 Å². The number of rotatable bonds is 4. The van der Waals surface area contributed by atoms with Crippen molar-refractivity contribution in [1.82, 2.24) is 15.0 Å². The van der Waals surface area contributed by atoms with Gasteiger partial charge in [0.15, 0.2) is 11.5 Å². The second kappa shape index (κ2) is 8.51. The molecule has 0 bridgehead atoms. The Kier molecular flexibility index (Phi) is 5.87. The van der Waals surface area contributed by atoms with E-state index in [0.29, 0.717) is 5.69 Å². The maximum absolute atomic E-state index is 12.8. The van der Waals surface area contributed by atoms with Gasteiger partial charge in [-0.05, 0) is 62.7 Å². The summed E-state index contributed by atoms with van der Waals surface area (Å²) >= 11 is 0. The number of H-pyrrole nitrogens is 1. The fraction of sp³-hybridized carbons (Fsp3) is 0.462. The number of anilines is 1. The molecular formula is C26H31N5O2. The first kappa shape index (κ1) is 22.8. The van der Waals surface area contributed by atoms with Gasteiger partial charge in [-0.1, -0.05) is 26.5 Å². The molecule has 172 valence electrons.